The second-order valence-electron chi connectivity index (χ2n) is 7.16. The topological polar surface area (TPSA) is 36.4 Å². The van der Waals surface area contributed by atoms with Crippen molar-refractivity contribution in [1.29, 1.82) is 0 Å². The summed E-state index contributed by atoms with van der Waals surface area (Å²) in [6.45, 7) is 5.18. The van der Waals surface area contributed by atoms with Crippen molar-refractivity contribution < 1.29 is 13.6 Å². The Kier molecular flexibility index (Phi) is 6.05. The summed E-state index contributed by atoms with van der Waals surface area (Å²) in [6.07, 6.45) is 0.704. The van der Waals surface area contributed by atoms with Gasteiger partial charge in [0, 0.05) is 12.6 Å². The predicted molar refractivity (Wildman–Crippen MR) is 110 cm³/mol. The van der Waals surface area contributed by atoms with Gasteiger partial charge in [0.25, 0.3) is 5.91 Å². The number of halogens is 2. The molecule has 0 radical (unpaired) electrons. The molecule has 0 fully saturated rings. The lowest BCUT2D eigenvalue weighted by Gasteiger charge is -2.21. The van der Waals surface area contributed by atoms with Gasteiger partial charge in [0.1, 0.15) is 11.6 Å². The first-order chi connectivity index (χ1) is 13.3. The van der Waals surface area contributed by atoms with E-state index in [0.717, 1.165) is 40.0 Å². The molecule has 0 aliphatic rings. The van der Waals surface area contributed by atoms with E-state index < -0.39 is 17.5 Å². The molecule has 0 aliphatic heterocycles. The quantitative estimate of drug-likeness (QED) is 0.594. The van der Waals surface area contributed by atoms with Gasteiger partial charge in [-0.3, -0.25) is 9.69 Å². The number of amides is 1. The second-order valence-corrected chi connectivity index (χ2v) is 8.14. The maximum absolute atomic E-state index is 14.2. The maximum atomic E-state index is 14.2. The van der Waals surface area contributed by atoms with Crippen LogP contribution in [0.1, 0.15) is 27.9 Å². The Balaban J connectivity index is 2.01. The van der Waals surface area contributed by atoms with Gasteiger partial charge in [0.2, 0.25) is 0 Å². The van der Waals surface area contributed by atoms with E-state index in [2.05, 4.69) is 11.1 Å². The molecule has 3 aromatic rings. The molecule has 1 amide bonds. The van der Waals surface area contributed by atoms with Gasteiger partial charge in [-0.15, -0.1) is 0 Å². The summed E-state index contributed by atoms with van der Waals surface area (Å²) in [5.74, 6) is -2.08. The van der Waals surface area contributed by atoms with Crippen molar-refractivity contribution >= 4 is 32.6 Å². The molecule has 0 bridgehead atoms. The fourth-order valence-corrected chi connectivity index (χ4v) is 4.16. The molecule has 0 spiro atoms. The van der Waals surface area contributed by atoms with Crippen molar-refractivity contribution in [3.63, 3.8) is 0 Å². The van der Waals surface area contributed by atoms with Gasteiger partial charge < -0.3 is 4.90 Å². The fraction of sp³-hybridized carbons (Fsp3) is 0.333. The van der Waals surface area contributed by atoms with Gasteiger partial charge in [-0.2, -0.15) is 0 Å². The van der Waals surface area contributed by atoms with Crippen LogP contribution in [0, 0.1) is 25.5 Å². The Morgan fingerprint density at radius 3 is 2.54 bits per heavy atom. The van der Waals surface area contributed by atoms with Crippen LogP contribution in [0.2, 0.25) is 0 Å². The zero-order chi connectivity index (χ0) is 20.4. The second kappa shape index (κ2) is 8.32. The first-order valence-corrected chi connectivity index (χ1v) is 9.87. The molecule has 148 valence electrons. The van der Waals surface area contributed by atoms with E-state index in [9.17, 15) is 13.6 Å². The fourth-order valence-electron chi connectivity index (χ4n) is 3.12. The molecule has 0 N–H and O–H groups in total. The smallest absolute Gasteiger partial charge is 0.263 e. The molecule has 0 atom stereocenters. The van der Waals surface area contributed by atoms with Crippen LogP contribution in [-0.4, -0.2) is 43.0 Å². The van der Waals surface area contributed by atoms with Gasteiger partial charge in [-0.25, -0.2) is 13.8 Å². The van der Waals surface area contributed by atoms with E-state index >= 15 is 0 Å². The van der Waals surface area contributed by atoms with Crippen LogP contribution in [0.25, 0.3) is 10.2 Å². The van der Waals surface area contributed by atoms with Gasteiger partial charge >= 0.3 is 0 Å². The first-order valence-electron chi connectivity index (χ1n) is 9.05. The number of hydrogen-bond acceptors (Lipinski definition) is 4. The number of thiazole rings is 1. The number of aromatic nitrogens is 1. The number of aryl methyl sites for hydroxylation is 2. The molecule has 2 aromatic carbocycles. The first kappa shape index (κ1) is 20.4. The summed E-state index contributed by atoms with van der Waals surface area (Å²) in [5, 5.41) is 0.524. The lowest BCUT2D eigenvalue weighted by molar-refractivity contribution is 0.0982. The van der Waals surface area contributed by atoms with Crippen LogP contribution in [0.15, 0.2) is 30.3 Å². The van der Waals surface area contributed by atoms with Crippen LogP contribution in [0.5, 0.6) is 0 Å². The summed E-state index contributed by atoms with van der Waals surface area (Å²) >= 11 is 1.42. The van der Waals surface area contributed by atoms with E-state index in [0.29, 0.717) is 18.1 Å². The number of carbonyl (C=O) groups is 1. The van der Waals surface area contributed by atoms with Gasteiger partial charge in [-0.1, -0.05) is 17.4 Å². The standard InChI is InChI=1S/C21H23F2N3OS/c1-13-10-14(2)19-18(11-13)24-21(28-19)26(9-5-8-25(3)4)20(27)16-7-6-15(22)12-17(16)23/h6-7,10-12H,5,8-9H2,1-4H3. The average molecular weight is 403 g/mol. The SMILES string of the molecule is Cc1cc(C)c2sc(N(CCCN(C)C)C(=O)c3ccc(F)cc3F)nc2c1. The number of fused-ring (bicyclic) bond motifs is 1. The van der Waals surface area contributed by atoms with Crippen molar-refractivity contribution in [2.24, 2.45) is 0 Å². The molecule has 3 rings (SSSR count). The zero-order valence-corrected chi connectivity index (χ0v) is 17.2. The highest BCUT2D eigenvalue weighted by molar-refractivity contribution is 7.22. The summed E-state index contributed by atoms with van der Waals surface area (Å²) < 4.78 is 28.5. The Morgan fingerprint density at radius 1 is 1.11 bits per heavy atom. The number of rotatable bonds is 6. The lowest BCUT2D eigenvalue weighted by atomic mass is 10.1. The molecule has 0 unspecified atom stereocenters. The van der Waals surface area contributed by atoms with Crippen molar-refractivity contribution in [2.45, 2.75) is 20.3 Å². The normalized spacial score (nSPS) is 11.4. The monoisotopic (exact) mass is 403 g/mol. The van der Waals surface area contributed by atoms with Crippen molar-refractivity contribution in [1.82, 2.24) is 9.88 Å². The molecule has 0 saturated carbocycles. The maximum Gasteiger partial charge on any atom is 0.263 e. The third-order valence-electron chi connectivity index (χ3n) is 4.43. The Labute approximate surface area is 167 Å². The molecule has 1 heterocycles. The predicted octanol–water partition coefficient (Wildman–Crippen LogP) is 4.79. The highest BCUT2D eigenvalue weighted by Crippen LogP contribution is 2.33. The highest BCUT2D eigenvalue weighted by atomic mass is 32.1. The number of nitrogens with zero attached hydrogens (tertiary/aromatic N) is 3. The highest BCUT2D eigenvalue weighted by Gasteiger charge is 2.24. The average Bonchev–Trinajstić information content (AvgIpc) is 3.02. The van der Waals surface area contributed by atoms with E-state index in [-0.39, 0.29) is 5.56 Å². The number of anilines is 1. The van der Waals surface area contributed by atoms with Crippen LogP contribution in [0.4, 0.5) is 13.9 Å². The van der Waals surface area contributed by atoms with Crippen molar-refractivity contribution in [3.05, 3.63) is 58.7 Å². The third-order valence-corrected chi connectivity index (χ3v) is 5.66. The molecule has 28 heavy (non-hydrogen) atoms. The van der Waals surface area contributed by atoms with E-state index in [4.69, 9.17) is 0 Å². The molecule has 4 nitrogen and oxygen atoms in total. The Bertz CT molecular complexity index is 1020. The minimum Gasteiger partial charge on any atom is -0.309 e. The molecule has 0 saturated heterocycles. The summed E-state index contributed by atoms with van der Waals surface area (Å²) in [6, 6.07) is 7.07. The third kappa shape index (κ3) is 4.36. The van der Waals surface area contributed by atoms with E-state index in [1.807, 2.05) is 38.9 Å². The minimum atomic E-state index is -0.865. The molecule has 0 aliphatic carbocycles. The van der Waals surface area contributed by atoms with E-state index in [1.165, 1.54) is 22.3 Å². The molecular formula is C21H23F2N3OS. The van der Waals surface area contributed by atoms with Crippen LogP contribution in [-0.2, 0) is 0 Å². The Hall–Kier alpha value is -2.38. The summed E-state index contributed by atoms with van der Waals surface area (Å²) in [4.78, 5) is 21.3. The molecule has 1 aromatic heterocycles. The lowest BCUT2D eigenvalue weighted by Crippen LogP contribution is -2.34. The summed E-state index contributed by atoms with van der Waals surface area (Å²) in [5.41, 5.74) is 2.85. The number of hydrogen-bond donors (Lipinski definition) is 0. The summed E-state index contributed by atoms with van der Waals surface area (Å²) in [7, 11) is 3.91. The van der Waals surface area contributed by atoms with Gasteiger partial charge in [0.15, 0.2) is 5.13 Å². The van der Waals surface area contributed by atoms with Crippen LogP contribution >= 0.6 is 11.3 Å². The van der Waals surface area contributed by atoms with Crippen LogP contribution in [0.3, 0.4) is 0 Å². The minimum absolute atomic E-state index is 0.154. The van der Waals surface area contributed by atoms with Crippen molar-refractivity contribution in [2.75, 3.05) is 32.1 Å². The Morgan fingerprint density at radius 2 is 1.86 bits per heavy atom. The van der Waals surface area contributed by atoms with Gasteiger partial charge in [0.05, 0.1) is 15.8 Å². The number of carbonyl (C=O) groups excluding carboxylic acids is 1. The largest absolute Gasteiger partial charge is 0.309 e. The van der Waals surface area contributed by atoms with E-state index in [1.54, 1.807) is 0 Å². The molecular weight excluding hydrogens is 380 g/mol. The van der Waals surface area contributed by atoms with Crippen LogP contribution < -0.4 is 4.90 Å². The van der Waals surface area contributed by atoms with Crippen molar-refractivity contribution in [3.8, 4) is 0 Å². The zero-order valence-electron chi connectivity index (χ0n) is 16.4. The van der Waals surface area contributed by atoms with Gasteiger partial charge in [-0.05, 0) is 70.2 Å². The molecule has 7 heteroatoms. The number of benzene rings is 2.